The molecule has 1 aliphatic rings. The van der Waals surface area contributed by atoms with E-state index < -0.39 is 10.1 Å². The SMILES string of the molecule is CCNC(=O)N(Cc1ccccc1OS(=O)(=O)c1ccc(OC)cc1)CC1CCCO1. The highest BCUT2D eigenvalue weighted by Gasteiger charge is 2.25. The number of benzene rings is 2. The van der Waals surface area contributed by atoms with Gasteiger partial charge in [0.1, 0.15) is 16.4 Å². The summed E-state index contributed by atoms with van der Waals surface area (Å²) in [4.78, 5) is 14.2. The van der Waals surface area contributed by atoms with Gasteiger partial charge in [-0.1, -0.05) is 18.2 Å². The van der Waals surface area contributed by atoms with E-state index in [-0.39, 0.29) is 29.3 Å². The molecule has 1 unspecified atom stereocenters. The zero-order valence-corrected chi connectivity index (χ0v) is 18.6. The minimum absolute atomic E-state index is 0.0167. The van der Waals surface area contributed by atoms with Crippen LogP contribution in [0.15, 0.2) is 53.4 Å². The van der Waals surface area contributed by atoms with Gasteiger partial charge in [0, 0.05) is 25.3 Å². The van der Waals surface area contributed by atoms with Gasteiger partial charge >= 0.3 is 16.1 Å². The van der Waals surface area contributed by atoms with Gasteiger partial charge in [-0.15, -0.1) is 0 Å². The number of ether oxygens (including phenoxy) is 2. The lowest BCUT2D eigenvalue weighted by atomic mass is 10.1. The number of hydrogen-bond acceptors (Lipinski definition) is 6. The predicted octanol–water partition coefficient (Wildman–Crippen LogP) is 3.17. The molecule has 9 heteroatoms. The van der Waals surface area contributed by atoms with Crippen LogP contribution in [0.3, 0.4) is 0 Å². The Morgan fingerprint density at radius 3 is 2.58 bits per heavy atom. The predicted molar refractivity (Wildman–Crippen MR) is 116 cm³/mol. The second-order valence-corrected chi connectivity index (χ2v) is 8.72. The molecule has 3 rings (SSSR count). The molecule has 0 bridgehead atoms. The number of carbonyl (C=O) groups excluding carboxylic acids is 1. The first-order valence-corrected chi connectivity index (χ1v) is 11.6. The molecular weight excluding hydrogens is 420 g/mol. The average Bonchev–Trinajstić information content (AvgIpc) is 3.28. The van der Waals surface area contributed by atoms with E-state index in [2.05, 4.69) is 5.32 Å². The Morgan fingerprint density at radius 2 is 1.94 bits per heavy atom. The minimum atomic E-state index is -4.05. The minimum Gasteiger partial charge on any atom is -0.497 e. The molecule has 1 heterocycles. The lowest BCUT2D eigenvalue weighted by molar-refractivity contribution is 0.0794. The Bertz CT molecular complexity index is 972. The van der Waals surface area contributed by atoms with Crippen molar-refractivity contribution in [3.63, 3.8) is 0 Å². The van der Waals surface area contributed by atoms with E-state index in [1.54, 1.807) is 41.3 Å². The van der Waals surface area contributed by atoms with E-state index in [1.807, 2.05) is 6.92 Å². The molecule has 1 N–H and O–H groups in total. The Hall–Kier alpha value is -2.78. The van der Waals surface area contributed by atoms with E-state index >= 15 is 0 Å². The summed E-state index contributed by atoms with van der Waals surface area (Å²) in [6.07, 6.45) is 1.83. The van der Waals surface area contributed by atoms with Gasteiger partial charge in [-0.05, 0) is 50.1 Å². The average molecular weight is 449 g/mol. The second-order valence-electron chi connectivity index (χ2n) is 7.17. The van der Waals surface area contributed by atoms with Gasteiger partial charge in [-0.25, -0.2) is 4.79 Å². The molecule has 0 aliphatic carbocycles. The van der Waals surface area contributed by atoms with Crippen molar-refractivity contribution in [2.45, 2.75) is 37.3 Å². The van der Waals surface area contributed by atoms with Crippen LogP contribution in [0.4, 0.5) is 4.79 Å². The van der Waals surface area contributed by atoms with Crippen LogP contribution in [0.2, 0.25) is 0 Å². The van der Waals surface area contributed by atoms with Crippen LogP contribution in [-0.4, -0.2) is 52.3 Å². The van der Waals surface area contributed by atoms with Gasteiger partial charge in [-0.2, -0.15) is 8.42 Å². The Kier molecular flexibility index (Phi) is 7.75. The first-order chi connectivity index (χ1) is 14.9. The normalized spacial score (nSPS) is 16.0. The van der Waals surface area contributed by atoms with Crippen LogP contribution in [0.25, 0.3) is 0 Å². The first kappa shape index (κ1) is 22.9. The standard InChI is InChI=1S/C22H28N2O6S/c1-3-23-22(25)24(16-19-8-6-14-29-19)15-17-7-4-5-9-21(17)30-31(26,27)20-12-10-18(28-2)11-13-20/h4-5,7,9-13,19H,3,6,8,14-16H2,1-2H3,(H,23,25). The number of rotatable bonds is 9. The summed E-state index contributed by atoms with van der Waals surface area (Å²) < 4.78 is 41.8. The maximum Gasteiger partial charge on any atom is 0.339 e. The van der Waals surface area contributed by atoms with Gasteiger partial charge in [0.2, 0.25) is 0 Å². The third-order valence-electron chi connectivity index (χ3n) is 4.94. The maximum atomic E-state index is 12.8. The molecule has 1 saturated heterocycles. The summed E-state index contributed by atoms with van der Waals surface area (Å²) in [6, 6.07) is 12.5. The van der Waals surface area contributed by atoms with Crippen molar-refractivity contribution in [2.75, 3.05) is 26.8 Å². The molecular formula is C22H28N2O6S. The van der Waals surface area contributed by atoms with Crippen LogP contribution in [-0.2, 0) is 21.4 Å². The lowest BCUT2D eigenvalue weighted by Crippen LogP contribution is -2.43. The highest BCUT2D eigenvalue weighted by atomic mass is 32.2. The van der Waals surface area contributed by atoms with E-state index in [1.165, 1.54) is 19.2 Å². The van der Waals surface area contributed by atoms with Gasteiger partial charge < -0.3 is 23.9 Å². The van der Waals surface area contributed by atoms with Crippen molar-refractivity contribution in [3.05, 3.63) is 54.1 Å². The van der Waals surface area contributed by atoms with Gasteiger partial charge in [0.25, 0.3) is 0 Å². The van der Waals surface area contributed by atoms with Crippen LogP contribution in [0.5, 0.6) is 11.5 Å². The van der Waals surface area contributed by atoms with Crippen molar-refractivity contribution < 1.29 is 26.9 Å². The third kappa shape index (κ3) is 6.11. The van der Waals surface area contributed by atoms with E-state index in [9.17, 15) is 13.2 Å². The van der Waals surface area contributed by atoms with Crippen LogP contribution < -0.4 is 14.2 Å². The summed E-state index contributed by atoms with van der Waals surface area (Å²) in [6.45, 7) is 3.64. The van der Waals surface area contributed by atoms with Crippen molar-refractivity contribution in [1.29, 1.82) is 0 Å². The monoisotopic (exact) mass is 448 g/mol. The van der Waals surface area contributed by atoms with Gasteiger partial charge in [-0.3, -0.25) is 0 Å². The van der Waals surface area contributed by atoms with Crippen molar-refractivity contribution in [3.8, 4) is 11.5 Å². The number of hydrogen-bond donors (Lipinski definition) is 1. The first-order valence-electron chi connectivity index (χ1n) is 10.2. The van der Waals surface area contributed by atoms with Crippen LogP contribution in [0.1, 0.15) is 25.3 Å². The van der Waals surface area contributed by atoms with E-state index in [4.69, 9.17) is 13.7 Å². The quantitative estimate of drug-likeness (QED) is 0.592. The molecule has 31 heavy (non-hydrogen) atoms. The molecule has 0 aromatic heterocycles. The molecule has 0 radical (unpaired) electrons. The lowest BCUT2D eigenvalue weighted by Gasteiger charge is -2.26. The molecule has 1 atom stereocenters. The Morgan fingerprint density at radius 1 is 1.19 bits per heavy atom. The summed E-state index contributed by atoms with van der Waals surface area (Å²) in [5.41, 5.74) is 0.587. The number of carbonyl (C=O) groups is 1. The molecule has 2 aromatic rings. The molecule has 2 aromatic carbocycles. The second kappa shape index (κ2) is 10.5. The van der Waals surface area contributed by atoms with E-state index in [0.717, 1.165) is 12.8 Å². The largest absolute Gasteiger partial charge is 0.497 e. The number of nitrogens with zero attached hydrogens (tertiary/aromatic N) is 1. The Labute approximate surface area is 183 Å². The molecule has 8 nitrogen and oxygen atoms in total. The zero-order valence-electron chi connectivity index (χ0n) is 17.7. The van der Waals surface area contributed by atoms with E-state index in [0.29, 0.717) is 31.0 Å². The summed E-state index contributed by atoms with van der Waals surface area (Å²) >= 11 is 0. The highest BCUT2D eigenvalue weighted by Crippen LogP contribution is 2.26. The smallest absolute Gasteiger partial charge is 0.339 e. The molecule has 1 aliphatic heterocycles. The number of nitrogens with one attached hydrogen (secondary N) is 1. The number of amides is 2. The molecule has 0 spiro atoms. The van der Waals surface area contributed by atoms with Crippen molar-refractivity contribution in [2.24, 2.45) is 0 Å². The third-order valence-corrected chi connectivity index (χ3v) is 6.19. The zero-order chi connectivity index (χ0) is 22.3. The molecule has 2 amide bonds. The molecule has 168 valence electrons. The van der Waals surface area contributed by atoms with Gasteiger partial charge in [0.15, 0.2) is 0 Å². The van der Waals surface area contributed by atoms with Crippen LogP contribution in [0, 0.1) is 0 Å². The fourth-order valence-corrected chi connectivity index (χ4v) is 4.31. The van der Waals surface area contributed by atoms with Crippen molar-refractivity contribution >= 4 is 16.1 Å². The highest BCUT2D eigenvalue weighted by molar-refractivity contribution is 7.87. The molecule has 0 saturated carbocycles. The van der Waals surface area contributed by atoms with Crippen molar-refractivity contribution in [1.82, 2.24) is 10.2 Å². The van der Waals surface area contributed by atoms with Crippen LogP contribution >= 0.6 is 0 Å². The number of methoxy groups -OCH3 is 1. The van der Waals surface area contributed by atoms with Gasteiger partial charge in [0.05, 0.1) is 19.8 Å². The number of urea groups is 1. The fourth-order valence-electron chi connectivity index (χ4n) is 3.35. The Balaban J connectivity index is 1.80. The topological polar surface area (TPSA) is 94.2 Å². The summed E-state index contributed by atoms with van der Waals surface area (Å²) in [5.74, 6) is 0.728. The fraction of sp³-hybridized carbons (Fsp3) is 0.409. The maximum absolute atomic E-state index is 12.8. The number of para-hydroxylation sites is 1. The summed E-state index contributed by atoms with van der Waals surface area (Å²) in [7, 11) is -2.54. The summed E-state index contributed by atoms with van der Waals surface area (Å²) in [5, 5.41) is 2.80. The molecule has 1 fully saturated rings.